The minimum Gasteiger partial charge on any atom is -0.412 e. The van der Waals surface area contributed by atoms with Gasteiger partial charge in [0.05, 0.1) is 0 Å². The van der Waals surface area contributed by atoms with Gasteiger partial charge in [-0.3, -0.25) is 0 Å². The number of rotatable bonds is 0. The molecule has 2 nitrogen and oxygen atoms in total. The van der Waals surface area contributed by atoms with Crippen molar-refractivity contribution >= 4 is 35.7 Å². The summed E-state index contributed by atoms with van der Waals surface area (Å²) in [5, 5.41) is 8.63. The second kappa shape index (κ2) is 23.7. The third kappa shape index (κ3) is 93.8. The molecule has 0 aliphatic carbocycles. The first-order chi connectivity index (χ1) is 1.41. The van der Waals surface area contributed by atoms with Crippen molar-refractivity contribution in [1.82, 2.24) is 0 Å². The Balaban J connectivity index is -0.0000000200. The second-order valence-corrected chi connectivity index (χ2v) is 0.300. The van der Waals surface area contributed by atoms with Gasteiger partial charge in [-0.15, -0.1) is 0 Å². The zero-order valence-electron chi connectivity index (χ0n) is 2.60. The summed E-state index contributed by atoms with van der Waals surface area (Å²) in [5.41, 5.74) is 0. The highest BCUT2D eigenvalue weighted by Crippen LogP contribution is 1.46. The fourth-order valence-electron chi connectivity index (χ4n) is 0. The lowest BCUT2D eigenvalue weighted by molar-refractivity contribution is 0.824. The van der Waals surface area contributed by atoms with Crippen LogP contribution in [-0.2, 0) is 0 Å². The Morgan fingerprint density at radius 1 is 1.60 bits per heavy atom. The van der Waals surface area contributed by atoms with E-state index in [1.54, 1.807) is 0 Å². The highest BCUT2D eigenvalue weighted by Gasteiger charge is 1.18. The van der Waals surface area contributed by atoms with Crippen molar-refractivity contribution in [2.45, 2.75) is 0 Å². The summed E-state index contributed by atoms with van der Waals surface area (Å²) in [6.07, 6.45) is 0. The Kier molecular flexibility index (Phi) is 83.4. The molecule has 0 unspecified atom stereocenters. The summed E-state index contributed by atoms with van der Waals surface area (Å²) in [5.74, 6) is 0. The summed E-state index contributed by atoms with van der Waals surface area (Å²) >= 11 is 3.09. The Bertz CT molecular complexity index is 33.1. The first kappa shape index (κ1) is 17.6. The Hall–Kier alpha value is 0.566. The molecule has 0 heterocycles. The molecular weight excluding hydrogens is 98.4 g/mol. The van der Waals surface area contributed by atoms with E-state index in [0.717, 1.165) is 0 Å². The quantitative estimate of drug-likeness (QED) is 0.242. The van der Waals surface area contributed by atoms with Crippen molar-refractivity contribution in [1.29, 1.82) is 5.26 Å². The van der Waals surface area contributed by atoms with Crippen LogP contribution in [0.3, 0.4) is 0 Å². The van der Waals surface area contributed by atoms with Gasteiger partial charge in [0.25, 0.3) is 0 Å². The van der Waals surface area contributed by atoms with Gasteiger partial charge in [0.2, 0.25) is 0 Å². The average Bonchev–Trinajstić information content (AvgIpc) is 0.918. The molecule has 0 aromatic rings. The van der Waals surface area contributed by atoms with Crippen LogP contribution < -0.4 is 0 Å². The molecule has 0 aliphatic heterocycles. The van der Waals surface area contributed by atoms with Crippen LogP contribution >= 0.6 is 12.6 Å². The van der Waals surface area contributed by atoms with E-state index in [1.165, 1.54) is 5.40 Å². The number of thiol groups is 1. The monoisotopic (exact) mass is 101 g/mol. The number of hydrogen-bond acceptors (Lipinski definition) is 2. The van der Waals surface area contributed by atoms with Crippen molar-refractivity contribution in [2.24, 2.45) is 0 Å². The lowest BCUT2D eigenvalue weighted by Crippen LogP contribution is -0.961. The van der Waals surface area contributed by atoms with Crippen LogP contribution in [0.2, 0.25) is 0 Å². The van der Waals surface area contributed by atoms with Gasteiger partial charge >= 0.3 is 0 Å². The first-order valence-corrected chi connectivity index (χ1v) is 0.894. The lowest BCUT2D eigenvalue weighted by atomic mass is 11.8. The molecule has 0 aromatic carbocycles. The summed E-state index contributed by atoms with van der Waals surface area (Å²) in [4.78, 5) is 0. The molecule has 0 rings (SSSR count). The van der Waals surface area contributed by atoms with E-state index in [4.69, 9.17) is 5.26 Å². The van der Waals surface area contributed by atoms with E-state index in [0.29, 0.717) is 0 Å². The van der Waals surface area contributed by atoms with Crippen molar-refractivity contribution in [3.63, 3.8) is 0 Å². The molecule has 0 spiro atoms. The van der Waals surface area contributed by atoms with Gasteiger partial charge < -0.3 is 5.48 Å². The number of nitrogens with zero attached hydrogens (tertiary/aromatic N) is 1. The number of hydrogen-bond donors (Lipinski definition) is 1. The molecule has 4 heteroatoms. The molecule has 2 radical (unpaired) electrons. The highest BCUT2D eigenvalue weighted by molar-refractivity contribution is 7.85. The van der Waals surface area contributed by atoms with Crippen LogP contribution in [0.25, 0.3) is 0 Å². The van der Waals surface area contributed by atoms with Crippen molar-refractivity contribution < 1.29 is 5.48 Å². The van der Waals surface area contributed by atoms with Gasteiger partial charge in [0, 0.05) is 23.1 Å². The molecule has 2 N–H and O–H groups in total. The average molecular weight is 101 g/mol. The molecule has 0 aliphatic rings. The standard InChI is InChI=1S/CHNS.Mg.H2O/c2-1-3;;/h3H;;1H2. The van der Waals surface area contributed by atoms with Crippen molar-refractivity contribution in [3.05, 3.63) is 0 Å². The highest BCUT2D eigenvalue weighted by atomic mass is 32.1. The maximum absolute atomic E-state index is 7.18. The van der Waals surface area contributed by atoms with Crippen LogP contribution in [0, 0.1) is 10.7 Å². The molecule has 0 saturated heterocycles. The zero-order chi connectivity index (χ0) is 2.71. The van der Waals surface area contributed by atoms with Crippen LogP contribution in [-0.4, -0.2) is 28.5 Å². The maximum Gasteiger partial charge on any atom is 0.130 e. The molecule has 0 aromatic heterocycles. The largest absolute Gasteiger partial charge is 0.412 e. The lowest BCUT2D eigenvalue weighted by Gasteiger charge is -1.14. The van der Waals surface area contributed by atoms with Crippen molar-refractivity contribution in [2.75, 3.05) is 0 Å². The predicted octanol–water partition coefficient (Wildman–Crippen LogP) is -0.808. The van der Waals surface area contributed by atoms with E-state index < -0.39 is 0 Å². The Labute approximate surface area is 52.0 Å². The minimum absolute atomic E-state index is 0. The smallest absolute Gasteiger partial charge is 0.130 e. The SMILES string of the molecule is N#CS.O.[Mg]. The molecule has 5 heavy (non-hydrogen) atoms. The fourth-order valence-corrected chi connectivity index (χ4v) is 0. The second-order valence-electron chi connectivity index (χ2n) is 0.100. The maximum atomic E-state index is 7.18. The van der Waals surface area contributed by atoms with Gasteiger partial charge in [-0.1, -0.05) is 12.6 Å². The molecular formula is CH3MgNOS. The van der Waals surface area contributed by atoms with E-state index in [9.17, 15) is 0 Å². The Morgan fingerprint density at radius 2 is 1.60 bits per heavy atom. The van der Waals surface area contributed by atoms with Crippen molar-refractivity contribution in [3.8, 4) is 5.40 Å². The van der Waals surface area contributed by atoms with E-state index in [2.05, 4.69) is 12.6 Å². The summed E-state index contributed by atoms with van der Waals surface area (Å²) in [6.45, 7) is 0. The number of thiocyanates is 1. The fraction of sp³-hybridized carbons (Fsp3) is 0. The van der Waals surface area contributed by atoms with Gasteiger partial charge in [0.1, 0.15) is 5.40 Å². The molecule has 0 fully saturated rings. The van der Waals surface area contributed by atoms with Crippen LogP contribution in [0.4, 0.5) is 0 Å². The summed E-state index contributed by atoms with van der Waals surface area (Å²) < 4.78 is 0. The molecule has 0 atom stereocenters. The van der Waals surface area contributed by atoms with Gasteiger partial charge in [0.15, 0.2) is 0 Å². The zero-order valence-corrected chi connectivity index (χ0v) is 4.91. The van der Waals surface area contributed by atoms with E-state index in [-0.39, 0.29) is 28.5 Å². The summed E-state index contributed by atoms with van der Waals surface area (Å²) in [7, 11) is 0. The van der Waals surface area contributed by atoms with Crippen LogP contribution in [0.15, 0.2) is 0 Å². The van der Waals surface area contributed by atoms with Gasteiger partial charge in [-0.05, 0) is 0 Å². The third-order valence-corrected chi connectivity index (χ3v) is 0. The molecule has 26 valence electrons. The number of nitriles is 1. The van der Waals surface area contributed by atoms with E-state index in [1.807, 2.05) is 0 Å². The molecule has 0 amide bonds. The minimum atomic E-state index is 0. The topological polar surface area (TPSA) is 55.3 Å². The predicted molar refractivity (Wildman–Crippen MR) is 24.0 cm³/mol. The normalized spacial score (nSPS) is 1.60. The first-order valence-electron chi connectivity index (χ1n) is 0.447. The van der Waals surface area contributed by atoms with E-state index >= 15 is 0 Å². The van der Waals surface area contributed by atoms with Crippen LogP contribution in [0.5, 0.6) is 0 Å². The Morgan fingerprint density at radius 3 is 1.60 bits per heavy atom. The third-order valence-electron chi connectivity index (χ3n) is 0. The van der Waals surface area contributed by atoms with Gasteiger partial charge in [-0.2, -0.15) is 5.26 Å². The van der Waals surface area contributed by atoms with Gasteiger partial charge in [-0.25, -0.2) is 0 Å². The van der Waals surface area contributed by atoms with Crippen LogP contribution in [0.1, 0.15) is 0 Å². The summed E-state index contributed by atoms with van der Waals surface area (Å²) in [6, 6.07) is 0. The molecule has 0 saturated carbocycles. The molecule has 0 bridgehead atoms.